The van der Waals surface area contributed by atoms with Gasteiger partial charge in [-0.3, -0.25) is 0 Å². The number of hydrogen-bond donors (Lipinski definition) is 0. The molecule has 1 rings (SSSR count). The summed E-state index contributed by atoms with van der Waals surface area (Å²) in [5.41, 5.74) is -0.0329. The van der Waals surface area contributed by atoms with Crippen LogP contribution in [0.1, 0.15) is 26.3 Å². The molecule has 0 unspecified atom stereocenters. The minimum absolute atomic E-state index is 0.0329. The van der Waals surface area contributed by atoms with E-state index in [0.717, 1.165) is 12.3 Å². The van der Waals surface area contributed by atoms with Crippen LogP contribution in [0.4, 0.5) is 8.78 Å². The minimum Gasteiger partial charge on any atom is -0.591 e. The predicted octanol–water partition coefficient (Wildman–Crippen LogP) is 3.61. The number of rotatable bonds is 2. The Balaban J connectivity index is 3.00. The van der Waals surface area contributed by atoms with Crippen molar-refractivity contribution in [2.24, 2.45) is 4.40 Å². The molecule has 1 aromatic carbocycles. The van der Waals surface area contributed by atoms with Crippen molar-refractivity contribution in [2.45, 2.75) is 25.5 Å². The Morgan fingerprint density at radius 1 is 1.35 bits per heavy atom. The van der Waals surface area contributed by atoms with Crippen LogP contribution in [0.3, 0.4) is 0 Å². The number of nitrogens with zero attached hydrogens (tertiary/aromatic N) is 1. The van der Waals surface area contributed by atoms with Gasteiger partial charge in [-0.05, 0) is 32.9 Å². The Morgan fingerprint density at radius 2 is 1.94 bits per heavy atom. The van der Waals surface area contributed by atoms with Crippen molar-refractivity contribution in [3.63, 3.8) is 0 Å². The summed E-state index contributed by atoms with van der Waals surface area (Å²) < 4.78 is 41.6. The van der Waals surface area contributed by atoms with Gasteiger partial charge >= 0.3 is 0 Å². The predicted molar refractivity (Wildman–Crippen MR) is 69.5 cm³/mol. The molecular weight excluding hydrogens is 312 g/mol. The maximum Gasteiger partial charge on any atom is 0.167 e. The van der Waals surface area contributed by atoms with Gasteiger partial charge in [-0.2, -0.15) is 0 Å². The van der Waals surface area contributed by atoms with Gasteiger partial charge in [0.1, 0.15) is 16.1 Å². The third-order valence-electron chi connectivity index (χ3n) is 1.83. The second kappa shape index (κ2) is 5.46. The van der Waals surface area contributed by atoms with Crippen molar-refractivity contribution >= 4 is 33.5 Å². The molecule has 94 valence electrons. The highest BCUT2D eigenvalue weighted by Gasteiger charge is 2.26. The Labute approximate surface area is 111 Å². The first-order chi connectivity index (χ1) is 7.71. The molecule has 0 aliphatic heterocycles. The molecule has 17 heavy (non-hydrogen) atoms. The Hall–Kier alpha value is -0.460. The maximum atomic E-state index is 13.3. The van der Waals surface area contributed by atoms with E-state index in [2.05, 4.69) is 20.3 Å². The normalized spacial score (nSPS) is 14.3. The third kappa shape index (κ3) is 4.04. The zero-order chi connectivity index (χ0) is 13.2. The monoisotopic (exact) mass is 323 g/mol. The zero-order valence-electron chi connectivity index (χ0n) is 9.63. The average Bonchev–Trinajstić information content (AvgIpc) is 2.19. The molecule has 0 aliphatic carbocycles. The van der Waals surface area contributed by atoms with Crippen LogP contribution in [-0.2, 0) is 11.4 Å². The number of benzene rings is 1. The molecule has 0 aliphatic rings. The molecular formula is C11H12BrF2NOS. The largest absolute Gasteiger partial charge is 0.591 e. The molecule has 0 fully saturated rings. The van der Waals surface area contributed by atoms with Gasteiger partial charge < -0.3 is 4.55 Å². The van der Waals surface area contributed by atoms with E-state index in [0.29, 0.717) is 4.47 Å². The smallest absolute Gasteiger partial charge is 0.167 e. The zero-order valence-corrected chi connectivity index (χ0v) is 12.0. The standard InChI is InChI=1S/C11H12BrF2NOS/c1-11(2,3)17(16)15-6-7-4-8(12)5-9(13)10(7)14/h4-6H,1-3H3/b15-6-/t17-/m1/s1. The lowest BCUT2D eigenvalue weighted by Gasteiger charge is -2.17. The fourth-order valence-electron chi connectivity index (χ4n) is 0.933. The molecule has 0 saturated carbocycles. The van der Waals surface area contributed by atoms with Crippen LogP contribution in [0.25, 0.3) is 0 Å². The quantitative estimate of drug-likeness (QED) is 0.465. The van der Waals surface area contributed by atoms with Gasteiger partial charge in [0, 0.05) is 10.0 Å². The summed E-state index contributed by atoms with van der Waals surface area (Å²) in [5.74, 6) is -1.97. The summed E-state index contributed by atoms with van der Waals surface area (Å²) in [6, 6.07) is 2.40. The van der Waals surface area contributed by atoms with Crippen molar-refractivity contribution in [1.29, 1.82) is 0 Å². The Kier molecular flexibility index (Phi) is 4.69. The summed E-state index contributed by atoms with van der Waals surface area (Å²) >= 11 is 1.56. The summed E-state index contributed by atoms with van der Waals surface area (Å²) in [7, 11) is 0. The molecule has 1 aromatic rings. The van der Waals surface area contributed by atoms with Gasteiger partial charge in [-0.25, -0.2) is 8.78 Å². The van der Waals surface area contributed by atoms with E-state index in [1.807, 2.05) is 0 Å². The van der Waals surface area contributed by atoms with E-state index >= 15 is 0 Å². The van der Waals surface area contributed by atoms with E-state index in [1.165, 1.54) is 6.07 Å². The van der Waals surface area contributed by atoms with Crippen molar-refractivity contribution < 1.29 is 13.3 Å². The van der Waals surface area contributed by atoms with Crippen LogP contribution in [0.15, 0.2) is 21.0 Å². The van der Waals surface area contributed by atoms with Gasteiger partial charge in [-0.1, -0.05) is 20.3 Å². The van der Waals surface area contributed by atoms with Gasteiger partial charge in [0.05, 0.1) is 6.21 Å². The average molecular weight is 324 g/mol. The molecule has 0 saturated heterocycles. The van der Waals surface area contributed by atoms with Crippen molar-refractivity contribution in [1.82, 2.24) is 0 Å². The van der Waals surface area contributed by atoms with Gasteiger partial charge in [0.2, 0.25) is 0 Å². The molecule has 0 N–H and O–H groups in total. The molecule has 6 heteroatoms. The highest BCUT2D eigenvalue weighted by atomic mass is 79.9. The molecule has 0 heterocycles. The summed E-state index contributed by atoms with van der Waals surface area (Å²) in [5, 5.41) is 0. The second-order valence-corrected chi connectivity index (χ2v) is 7.24. The fourth-order valence-corrected chi connectivity index (χ4v) is 1.91. The van der Waals surface area contributed by atoms with E-state index in [4.69, 9.17) is 0 Å². The first kappa shape index (κ1) is 14.6. The fraction of sp³-hybridized carbons (Fsp3) is 0.364. The molecule has 2 nitrogen and oxygen atoms in total. The minimum atomic E-state index is -1.49. The molecule has 0 amide bonds. The molecule has 0 spiro atoms. The van der Waals surface area contributed by atoms with Crippen LogP contribution >= 0.6 is 15.9 Å². The lowest BCUT2D eigenvalue weighted by Crippen LogP contribution is -2.25. The van der Waals surface area contributed by atoms with Gasteiger partial charge in [0.15, 0.2) is 11.6 Å². The van der Waals surface area contributed by atoms with Crippen molar-refractivity contribution in [2.75, 3.05) is 0 Å². The number of hydrogen-bond acceptors (Lipinski definition) is 2. The SMILES string of the molecule is CC(C)(C)[S@@+]([O-])/N=C\c1cc(Br)cc(F)c1F. The summed E-state index contributed by atoms with van der Waals surface area (Å²) in [6.45, 7) is 5.24. The van der Waals surface area contributed by atoms with Crippen molar-refractivity contribution in [3.05, 3.63) is 33.8 Å². The third-order valence-corrected chi connectivity index (χ3v) is 3.63. The van der Waals surface area contributed by atoms with Crippen LogP contribution in [0.5, 0.6) is 0 Å². The summed E-state index contributed by atoms with van der Waals surface area (Å²) in [4.78, 5) is 0. The van der Waals surface area contributed by atoms with Crippen LogP contribution in [-0.4, -0.2) is 15.5 Å². The van der Waals surface area contributed by atoms with E-state index in [1.54, 1.807) is 20.8 Å². The highest BCUT2D eigenvalue weighted by molar-refractivity contribution is 9.10. The Morgan fingerprint density at radius 3 is 2.47 bits per heavy atom. The molecule has 1 atom stereocenters. The van der Waals surface area contributed by atoms with Crippen LogP contribution in [0.2, 0.25) is 0 Å². The highest BCUT2D eigenvalue weighted by Crippen LogP contribution is 2.20. The lowest BCUT2D eigenvalue weighted by atomic mass is 10.2. The van der Waals surface area contributed by atoms with Crippen LogP contribution < -0.4 is 0 Å². The summed E-state index contributed by atoms with van der Waals surface area (Å²) in [6.07, 6.45) is 1.09. The first-order valence-electron chi connectivity index (χ1n) is 4.82. The van der Waals surface area contributed by atoms with Crippen LogP contribution in [0, 0.1) is 11.6 Å². The second-order valence-electron chi connectivity index (χ2n) is 4.39. The molecule has 0 bridgehead atoms. The Bertz CT molecular complexity index is 446. The van der Waals surface area contributed by atoms with Gasteiger partial charge in [-0.15, -0.1) is 0 Å². The maximum absolute atomic E-state index is 13.3. The van der Waals surface area contributed by atoms with E-state index in [-0.39, 0.29) is 5.56 Å². The van der Waals surface area contributed by atoms with Crippen molar-refractivity contribution in [3.8, 4) is 0 Å². The molecule has 0 aromatic heterocycles. The first-order valence-corrected chi connectivity index (χ1v) is 6.72. The topological polar surface area (TPSA) is 35.4 Å². The molecule has 0 radical (unpaired) electrons. The van der Waals surface area contributed by atoms with Gasteiger partial charge in [0.25, 0.3) is 0 Å². The van der Waals surface area contributed by atoms with E-state index < -0.39 is 27.7 Å². The lowest BCUT2D eigenvalue weighted by molar-refractivity contribution is 0.507. The van der Waals surface area contributed by atoms with E-state index in [9.17, 15) is 13.3 Å². The number of halogens is 3.